The summed E-state index contributed by atoms with van der Waals surface area (Å²) in [5.41, 5.74) is 51.2. The molecule has 0 aromatic carbocycles. The van der Waals surface area contributed by atoms with Crippen LogP contribution in [0.15, 0.2) is 0 Å². The fraction of sp³-hybridized carbons (Fsp3) is 0.800. The lowest BCUT2D eigenvalue weighted by molar-refractivity contribution is -0.141. The first-order chi connectivity index (χ1) is 28.4. The van der Waals surface area contributed by atoms with Gasteiger partial charge in [-0.3, -0.25) is 33.6 Å². The lowest BCUT2D eigenvalue weighted by atomic mass is 10.1. The van der Waals surface area contributed by atoms with Gasteiger partial charge in [-0.05, 0) is 104 Å². The van der Waals surface area contributed by atoms with Crippen molar-refractivity contribution in [1.29, 1.82) is 0 Å². The highest BCUT2D eigenvalue weighted by atomic mass is 16.4. The number of unbranched alkanes of at least 4 members (excludes halogenated alkanes) is 4. The Kier molecular flexibility index (Phi) is 54.5. The summed E-state index contributed by atoms with van der Waals surface area (Å²) < 4.78 is 0. The molecule has 0 aromatic heterocycles. The number of aliphatic hydroxyl groups is 1. The standard InChI is InChI=1S/4C6H14N2O2.C5H9NO2.C4H9NO3.C2H5NO2/c4*7-4-2-1-3-5(8)6(9)10;7-5(8)4-2-1-3-6-4;1-2(6)3(5)4(7)8;3-1-2(4)5/h4*5H,1-4,7-8H2,(H,9,10);4,6H,1-3H2,(H,7,8);2-3,6H,5H2,1H3,(H,7,8);1,3H2,(H,4,5)/t4*5-;4-;2-,3+;/m000001./s1. The molecule has 26 nitrogen and oxygen atoms in total. The fourth-order valence-electron chi connectivity index (χ4n) is 3.63. The number of hydrogen-bond acceptors (Lipinski definition) is 19. The van der Waals surface area contributed by atoms with Crippen LogP contribution in [-0.2, 0) is 33.6 Å². The van der Waals surface area contributed by atoms with Crippen LogP contribution in [0.25, 0.3) is 0 Å². The van der Waals surface area contributed by atoms with Crippen molar-refractivity contribution in [3.05, 3.63) is 0 Å². The Hall–Kier alpha value is -4.19. The highest BCUT2D eigenvalue weighted by Crippen LogP contribution is 2.03. The Balaban J connectivity index is -0.000000146. The van der Waals surface area contributed by atoms with Crippen molar-refractivity contribution in [3.8, 4) is 0 Å². The lowest BCUT2D eigenvalue weighted by Crippen LogP contribution is -2.39. The minimum Gasteiger partial charge on any atom is -0.480 e. The largest absolute Gasteiger partial charge is 0.480 e. The van der Waals surface area contributed by atoms with E-state index in [0.717, 1.165) is 70.8 Å². The normalized spacial score (nSPS) is 15.1. The molecule has 1 fully saturated rings. The van der Waals surface area contributed by atoms with Crippen LogP contribution in [0.3, 0.4) is 0 Å². The second-order valence-electron chi connectivity index (χ2n) is 13.1. The minimum atomic E-state index is -1.18. The molecule has 0 spiro atoms. The first-order valence-electron chi connectivity index (χ1n) is 19.6. The van der Waals surface area contributed by atoms with E-state index in [0.29, 0.717) is 51.9 Å². The third-order valence-corrected chi connectivity index (χ3v) is 7.48. The molecule has 0 bridgehead atoms. The van der Waals surface area contributed by atoms with Crippen molar-refractivity contribution in [3.63, 3.8) is 0 Å². The molecule has 0 aromatic rings. The Labute approximate surface area is 357 Å². The van der Waals surface area contributed by atoms with E-state index in [2.05, 4.69) is 11.1 Å². The zero-order valence-corrected chi connectivity index (χ0v) is 35.4. The number of rotatable bonds is 24. The van der Waals surface area contributed by atoms with E-state index in [4.69, 9.17) is 92.5 Å². The predicted molar refractivity (Wildman–Crippen MR) is 227 cm³/mol. The van der Waals surface area contributed by atoms with E-state index in [1.54, 1.807) is 0 Å². The summed E-state index contributed by atoms with van der Waals surface area (Å²) >= 11 is 0. The van der Waals surface area contributed by atoms with E-state index < -0.39 is 78.1 Å². The van der Waals surface area contributed by atoms with Gasteiger partial charge >= 0.3 is 41.8 Å². The summed E-state index contributed by atoms with van der Waals surface area (Å²) in [6, 6.07) is -4.29. The summed E-state index contributed by atoms with van der Waals surface area (Å²) in [5.74, 6) is -6.60. The molecule has 7 atom stereocenters. The van der Waals surface area contributed by atoms with Crippen LogP contribution in [0.2, 0.25) is 0 Å². The fourth-order valence-corrected chi connectivity index (χ4v) is 3.63. The molecule has 364 valence electrons. The second kappa shape index (κ2) is 48.5. The molecule has 1 aliphatic heterocycles. The summed E-state index contributed by atoms with van der Waals surface area (Å²) in [6.07, 6.45) is 9.46. The summed E-state index contributed by atoms with van der Waals surface area (Å²) in [5, 5.41) is 68.7. The Bertz CT molecular complexity index is 1010. The van der Waals surface area contributed by atoms with E-state index in [1.165, 1.54) is 6.92 Å². The summed E-state index contributed by atoms with van der Waals surface area (Å²) in [7, 11) is 0. The SMILES string of the molecule is C[C@@H](O)[C@H](N)C(=O)O.NCC(=O)O.NCCCC[C@H](N)C(=O)O.NCCCC[C@H](N)C(=O)O.NCCCC[C@H](N)C(=O)O.NCCCC[C@H](N)C(=O)O.O=C(O)[C@@H]1CCCN1. The van der Waals surface area contributed by atoms with Gasteiger partial charge in [0.05, 0.1) is 12.6 Å². The molecule has 0 aliphatic carbocycles. The maximum absolute atomic E-state index is 10.1. The first-order valence-corrected chi connectivity index (χ1v) is 19.6. The number of aliphatic carboxylic acids is 7. The van der Waals surface area contributed by atoms with E-state index in [1.807, 2.05) is 0 Å². The van der Waals surface area contributed by atoms with Crippen LogP contribution >= 0.6 is 0 Å². The Morgan fingerprint density at radius 3 is 0.869 bits per heavy atom. The van der Waals surface area contributed by atoms with Gasteiger partial charge in [0.1, 0.15) is 36.3 Å². The topological polar surface area (TPSA) is 554 Å². The third-order valence-electron chi connectivity index (χ3n) is 7.48. The highest BCUT2D eigenvalue weighted by Gasteiger charge is 2.20. The molecule has 0 amide bonds. The smallest absolute Gasteiger partial charge is 0.323 e. The number of hydrogen-bond donors (Lipinski definition) is 19. The van der Waals surface area contributed by atoms with E-state index >= 15 is 0 Å². The molecule has 26 heteroatoms. The predicted octanol–water partition coefficient (Wildman–Crippen LogP) is -4.26. The number of carboxylic acids is 7. The number of nitrogens with one attached hydrogen (secondary N) is 1. The molecule has 0 radical (unpaired) electrons. The molecule has 1 heterocycles. The molecule has 0 unspecified atom stereocenters. The highest BCUT2D eigenvalue weighted by molar-refractivity contribution is 5.75. The van der Waals surface area contributed by atoms with Crippen LogP contribution in [-0.4, -0.2) is 164 Å². The van der Waals surface area contributed by atoms with Crippen LogP contribution in [0.5, 0.6) is 0 Å². The number of carboxylic acid groups (broad SMARTS) is 7. The molecule has 1 aliphatic rings. The van der Waals surface area contributed by atoms with Gasteiger partial charge < -0.3 is 104 Å². The van der Waals surface area contributed by atoms with Gasteiger partial charge in [-0.2, -0.15) is 0 Å². The van der Waals surface area contributed by atoms with Gasteiger partial charge in [-0.25, -0.2) is 0 Å². The van der Waals surface area contributed by atoms with Crippen molar-refractivity contribution in [2.45, 2.75) is 139 Å². The molecule has 0 saturated carbocycles. The minimum absolute atomic E-state index is 0.269. The third kappa shape index (κ3) is 57.9. The average Bonchev–Trinajstić information content (AvgIpc) is 3.75. The Morgan fingerprint density at radius 1 is 0.508 bits per heavy atom. The maximum atomic E-state index is 10.1. The number of nitrogens with two attached hydrogens (primary N) is 10. The first kappa shape index (κ1) is 68.5. The molecule has 1 rings (SSSR count). The molecule has 1 saturated heterocycles. The van der Waals surface area contributed by atoms with Gasteiger partial charge in [0.2, 0.25) is 0 Å². The lowest BCUT2D eigenvalue weighted by Gasteiger charge is -2.06. The average molecular weight is 894 g/mol. The van der Waals surface area contributed by atoms with E-state index in [9.17, 15) is 33.6 Å². The molecule has 29 N–H and O–H groups in total. The van der Waals surface area contributed by atoms with Crippen LogP contribution in [0.1, 0.15) is 96.8 Å². The Morgan fingerprint density at radius 2 is 0.770 bits per heavy atom. The monoisotopic (exact) mass is 894 g/mol. The van der Waals surface area contributed by atoms with Gasteiger partial charge in [0, 0.05) is 0 Å². The van der Waals surface area contributed by atoms with Gasteiger partial charge in [0.25, 0.3) is 0 Å². The zero-order chi connectivity index (χ0) is 48.9. The van der Waals surface area contributed by atoms with Crippen LogP contribution in [0, 0.1) is 0 Å². The van der Waals surface area contributed by atoms with Crippen molar-refractivity contribution >= 4 is 41.8 Å². The summed E-state index contributed by atoms with van der Waals surface area (Å²) in [6.45, 7) is 4.33. The second-order valence-corrected chi connectivity index (χ2v) is 13.1. The molecular formula is C35H79N11O15. The van der Waals surface area contributed by atoms with Gasteiger partial charge in [-0.1, -0.05) is 25.7 Å². The van der Waals surface area contributed by atoms with Crippen LogP contribution < -0.4 is 62.7 Å². The number of carbonyl (C=O) groups is 7. The van der Waals surface area contributed by atoms with Gasteiger partial charge in [-0.15, -0.1) is 0 Å². The number of aliphatic hydroxyl groups excluding tert-OH is 1. The molecule has 61 heavy (non-hydrogen) atoms. The van der Waals surface area contributed by atoms with E-state index in [-0.39, 0.29) is 12.6 Å². The zero-order valence-electron chi connectivity index (χ0n) is 35.4. The van der Waals surface area contributed by atoms with Crippen LogP contribution in [0.4, 0.5) is 0 Å². The maximum Gasteiger partial charge on any atom is 0.323 e. The molecular weight excluding hydrogens is 814 g/mol. The van der Waals surface area contributed by atoms with Crippen molar-refractivity contribution in [2.24, 2.45) is 57.3 Å². The quantitative estimate of drug-likeness (QED) is 0.0408. The van der Waals surface area contributed by atoms with Gasteiger partial charge in [0.15, 0.2) is 0 Å². The van der Waals surface area contributed by atoms with Crippen molar-refractivity contribution in [1.82, 2.24) is 5.32 Å². The summed E-state index contributed by atoms with van der Waals surface area (Å²) in [4.78, 5) is 69.8. The van der Waals surface area contributed by atoms with Crippen molar-refractivity contribution < 1.29 is 74.4 Å². The van der Waals surface area contributed by atoms with Crippen molar-refractivity contribution in [2.75, 3.05) is 39.3 Å².